The van der Waals surface area contributed by atoms with E-state index in [1.165, 1.54) is 5.69 Å². The number of rotatable bonds is 0. The molecule has 1 aromatic rings. The van der Waals surface area contributed by atoms with Gasteiger partial charge in [-0.25, -0.2) is 4.98 Å². The van der Waals surface area contributed by atoms with E-state index in [4.69, 9.17) is 0 Å². The van der Waals surface area contributed by atoms with E-state index in [2.05, 4.69) is 34.9 Å². The van der Waals surface area contributed by atoms with Crippen LogP contribution in [0.4, 0.5) is 11.5 Å². The predicted octanol–water partition coefficient (Wildman–Crippen LogP) is 0.968. The molecule has 0 unspecified atom stereocenters. The maximum atomic E-state index is 4.33. The average molecular weight is 163 g/mol. The lowest BCUT2D eigenvalue weighted by Crippen LogP contribution is -2.37. The highest BCUT2D eigenvalue weighted by Crippen LogP contribution is 2.27. The zero-order chi connectivity index (χ0) is 8.55. The Labute approximate surface area is 72.6 Å². The summed E-state index contributed by atoms with van der Waals surface area (Å²) in [5.74, 6) is 1.09. The van der Waals surface area contributed by atoms with Gasteiger partial charge in [-0.2, -0.15) is 0 Å². The van der Waals surface area contributed by atoms with Crippen molar-refractivity contribution in [2.75, 3.05) is 37.0 Å². The monoisotopic (exact) mass is 163 g/mol. The fourth-order valence-electron chi connectivity index (χ4n) is 1.51. The molecule has 0 spiro atoms. The fraction of sp³-hybridized carbons (Fsp3) is 0.444. The smallest absolute Gasteiger partial charge is 0.151 e. The van der Waals surface area contributed by atoms with Gasteiger partial charge in [-0.1, -0.05) is 0 Å². The summed E-state index contributed by atoms with van der Waals surface area (Å²) in [5.41, 5.74) is 1.23. The van der Waals surface area contributed by atoms with Crippen molar-refractivity contribution >= 4 is 11.5 Å². The Morgan fingerprint density at radius 3 is 2.75 bits per heavy atom. The van der Waals surface area contributed by atoms with Crippen LogP contribution in [0.2, 0.25) is 0 Å². The maximum Gasteiger partial charge on any atom is 0.151 e. The van der Waals surface area contributed by atoms with Gasteiger partial charge in [0.05, 0.1) is 5.69 Å². The van der Waals surface area contributed by atoms with Crippen LogP contribution in [0.5, 0.6) is 0 Å². The predicted molar refractivity (Wildman–Crippen MR) is 50.8 cm³/mol. The minimum Gasteiger partial charge on any atom is -0.370 e. The molecule has 0 aliphatic carbocycles. The normalized spacial score (nSPS) is 16.2. The van der Waals surface area contributed by atoms with Crippen LogP contribution in [-0.2, 0) is 0 Å². The van der Waals surface area contributed by atoms with Crippen LogP contribution in [0.25, 0.3) is 0 Å². The van der Waals surface area contributed by atoms with E-state index in [1.54, 1.807) is 0 Å². The van der Waals surface area contributed by atoms with Gasteiger partial charge in [0.1, 0.15) is 0 Å². The molecular formula is C9H13N3. The third kappa shape index (κ3) is 1.02. The number of anilines is 2. The second-order valence-corrected chi connectivity index (χ2v) is 3.19. The number of pyridine rings is 1. The van der Waals surface area contributed by atoms with E-state index >= 15 is 0 Å². The van der Waals surface area contributed by atoms with Gasteiger partial charge in [-0.15, -0.1) is 0 Å². The van der Waals surface area contributed by atoms with E-state index in [0.29, 0.717) is 0 Å². The Morgan fingerprint density at radius 2 is 2.00 bits per heavy atom. The summed E-state index contributed by atoms with van der Waals surface area (Å²) in [6.07, 6.45) is 1.84. The second kappa shape index (κ2) is 2.66. The number of nitrogens with zero attached hydrogens (tertiary/aromatic N) is 3. The van der Waals surface area contributed by atoms with E-state index in [-0.39, 0.29) is 0 Å². The Balaban J connectivity index is 2.47. The molecular weight excluding hydrogens is 150 g/mol. The number of hydrogen-bond donors (Lipinski definition) is 0. The molecule has 1 aromatic heterocycles. The molecule has 0 radical (unpaired) electrons. The molecule has 0 N–H and O–H groups in total. The molecule has 1 aliphatic rings. The Hall–Kier alpha value is -1.25. The third-order valence-corrected chi connectivity index (χ3v) is 2.31. The zero-order valence-corrected chi connectivity index (χ0v) is 7.49. The van der Waals surface area contributed by atoms with Crippen LogP contribution >= 0.6 is 0 Å². The SMILES string of the molecule is CN1CCN(C)c2ncccc21. The van der Waals surface area contributed by atoms with E-state index < -0.39 is 0 Å². The van der Waals surface area contributed by atoms with Gasteiger partial charge < -0.3 is 9.80 Å². The minimum absolute atomic E-state index is 1.06. The summed E-state index contributed by atoms with van der Waals surface area (Å²) in [5, 5.41) is 0. The Morgan fingerprint density at radius 1 is 1.25 bits per heavy atom. The van der Waals surface area contributed by atoms with Crippen LogP contribution in [0.1, 0.15) is 0 Å². The Bertz CT molecular complexity index is 256. The second-order valence-electron chi connectivity index (χ2n) is 3.19. The third-order valence-electron chi connectivity index (χ3n) is 2.31. The number of aromatic nitrogens is 1. The van der Waals surface area contributed by atoms with Crippen LogP contribution in [0, 0.1) is 0 Å². The highest BCUT2D eigenvalue weighted by Gasteiger charge is 2.17. The van der Waals surface area contributed by atoms with E-state index in [1.807, 2.05) is 12.3 Å². The number of likely N-dealkylation sites (N-methyl/N-ethyl adjacent to an activating group) is 2. The zero-order valence-electron chi connectivity index (χ0n) is 7.49. The van der Waals surface area contributed by atoms with Crippen LogP contribution < -0.4 is 9.80 Å². The van der Waals surface area contributed by atoms with Crippen molar-refractivity contribution in [2.45, 2.75) is 0 Å². The van der Waals surface area contributed by atoms with Crippen molar-refractivity contribution in [3.63, 3.8) is 0 Å². The van der Waals surface area contributed by atoms with Crippen molar-refractivity contribution in [2.24, 2.45) is 0 Å². The summed E-state index contributed by atoms with van der Waals surface area (Å²) in [6, 6.07) is 4.09. The van der Waals surface area contributed by atoms with Crippen LogP contribution in [-0.4, -0.2) is 32.2 Å². The first-order valence-electron chi connectivity index (χ1n) is 4.16. The van der Waals surface area contributed by atoms with Gasteiger partial charge >= 0.3 is 0 Å². The molecule has 3 heteroatoms. The summed E-state index contributed by atoms with van der Waals surface area (Å²) < 4.78 is 0. The molecule has 0 atom stereocenters. The lowest BCUT2D eigenvalue weighted by Gasteiger charge is -2.33. The van der Waals surface area contributed by atoms with Crippen LogP contribution in [0.3, 0.4) is 0 Å². The van der Waals surface area contributed by atoms with Crippen molar-refractivity contribution in [3.8, 4) is 0 Å². The molecule has 0 saturated heterocycles. The highest BCUT2D eigenvalue weighted by molar-refractivity contribution is 5.68. The molecule has 0 saturated carbocycles. The lowest BCUT2D eigenvalue weighted by molar-refractivity contribution is 0.783. The highest BCUT2D eigenvalue weighted by atomic mass is 15.3. The molecule has 1 aliphatic heterocycles. The topological polar surface area (TPSA) is 19.4 Å². The molecule has 2 rings (SSSR count). The molecule has 0 fully saturated rings. The fourth-order valence-corrected chi connectivity index (χ4v) is 1.51. The van der Waals surface area contributed by atoms with Gasteiger partial charge in [0, 0.05) is 33.4 Å². The van der Waals surface area contributed by atoms with Crippen molar-refractivity contribution < 1.29 is 0 Å². The standard InChI is InChI=1S/C9H13N3/c1-11-6-7-12(2)9-8(11)4-3-5-10-9/h3-5H,6-7H2,1-2H3. The summed E-state index contributed by atoms with van der Waals surface area (Å²) in [6.45, 7) is 2.13. The number of fused-ring (bicyclic) bond motifs is 1. The number of hydrogen-bond acceptors (Lipinski definition) is 3. The van der Waals surface area contributed by atoms with E-state index in [0.717, 1.165) is 18.9 Å². The first kappa shape index (κ1) is 7.40. The summed E-state index contributed by atoms with van der Waals surface area (Å²) in [7, 11) is 4.19. The van der Waals surface area contributed by atoms with Crippen molar-refractivity contribution in [1.82, 2.24) is 4.98 Å². The van der Waals surface area contributed by atoms with Gasteiger partial charge in [0.25, 0.3) is 0 Å². The molecule has 64 valence electrons. The lowest BCUT2D eigenvalue weighted by atomic mass is 10.2. The molecule has 2 heterocycles. The largest absolute Gasteiger partial charge is 0.370 e. The molecule has 3 nitrogen and oxygen atoms in total. The van der Waals surface area contributed by atoms with Crippen molar-refractivity contribution in [1.29, 1.82) is 0 Å². The Kier molecular flexibility index (Phi) is 1.64. The first-order chi connectivity index (χ1) is 5.79. The van der Waals surface area contributed by atoms with Gasteiger partial charge in [-0.05, 0) is 12.1 Å². The molecule has 0 bridgehead atoms. The summed E-state index contributed by atoms with van der Waals surface area (Å²) >= 11 is 0. The molecule has 0 amide bonds. The van der Waals surface area contributed by atoms with E-state index in [9.17, 15) is 0 Å². The minimum atomic E-state index is 1.06. The molecule has 12 heavy (non-hydrogen) atoms. The quantitative estimate of drug-likeness (QED) is 0.568. The van der Waals surface area contributed by atoms with Gasteiger partial charge in [0.15, 0.2) is 5.82 Å². The van der Waals surface area contributed by atoms with Crippen molar-refractivity contribution in [3.05, 3.63) is 18.3 Å². The average Bonchev–Trinajstić information content (AvgIpc) is 2.12. The van der Waals surface area contributed by atoms with Crippen LogP contribution in [0.15, 0.2) is 18.3 Å². The molecule has 0 aromatic carbocycles. The maximum absolute atomic E-state index is 4.33. The first-order valence-corrected chi connectivity index (χ1v) is 4.16. The van der Waals surface area contributed by atoms with Gasteiger partial charge in [0.2, 0.25) is 0 Å². The summed E-state index contributed by atoms with van der Waals surface area (Å²) in [4.78, 5) is 8.76. The van der Waals surface area contributed by atoms with Gasteiger partial charge in [-0.3, -0.25) is 0 Å².